The van der Waals surface area contributed by atoms with Crippen molar-refractivity contribution in [3.8, 4) is 11.3 Å². The van der Waals surface area contributed by atoms with Gasteiger partial charge in [-0.1, -0.05) is 29.8 Å². The average Bonchev–Trinajstić information content (AvgIpc) is 3.55. The fraction of sp³-hybridized carbons (Fsp3) is 0.143. The monoisotopic (exact) mass is 562 g/mol. The second-order valence-corrected chi connectivity index (χ2v) is 9.52. The number of aromatic carboxylic acids is 1. The first-order valence-electron chi connectivity index (χ1n) is 11.9. The van der Waals surface area contributed by atoms with Gasteiger partial charge in [-0.25, -0.2) is 4.79 Å². The number of carboxylic acids is 1. The molecule has 2 atom stereocenters. The van der Waals surface area contributed by atoms with Gasteiger partial charge in [-0.2, -0.15) is 0 Å². The van der Waals surface area contributed by atoms with Crippen LogP contribution in [0.15, 0.2) is 83.4 Å². The number of hydrogen-bond acceptors (Lipinski definition) is 6. The van der Waals surface area contributed by atoms with Gasteiger partial charge in [0.15, 0.2) is 5.11 Å². The number of methoxy groups -OCH3 is 1. The predicted molar refractivity (Wildman–Crippen MR) is 151 cm³/mol. The fourth-order valence-electron chi connectivity index (χ4n) is 4.47. The van der Waals surface area contributed by atoms with E-state index < -0.39 is 12.0 Å². The molecule has 0 saturated carbocycles. The van der Waals surface area contributed by atoms with Gasteiger partial charge in [-0.3, -0.25) is 9.78 Å². The first-order valence-corrected chi connectivity index (χ1v) is 12.7. The molecule has 3 heterocycles. The minimum absolute atomic E-state index is 0.0950. The third kappa shape index (κ3) is 5.49. The Labute approximate surface area is 234 Å². The number of hydrogen-bond donors (Lipinski definition) is 3. The number of aromatic nitrogens is 1. The van der Waals surface area contributed by atoms with E-state index in [2.05, 4.69) is 15.6 Å². The topological polar surface area (TPSA) is 117 Å². The molecule has 0 aliphatic carbocycles. The van der Waals surface area contributed by atoms with Crippen molar-refractivity contribution in [1.29, 1.82) is 0 Å². The molecule has 1 fully saturated rings. The normalized spacial score (nSPS) is 16.7. The number of ether oxygens (including phenoxy) is 1. The van der Waals surface area contributed by atoms with Crippen molar-refractivity contribution in [2.45, 2.75) is 12.1 Å². The van der Waals surface area contributed by atoms with Gasteiger partial charge in [-0.15, -0.1) is 0 Å². The maximum Gasteiger partial charge on any atom is 0.335 e. The van der Waals surface area contributed by atoms with E-state index in [1.807, 2.05) is 29.2 Å². The van der Waals surface area contributed by atoms with Crippen LogP contribution in [-0.4, -0.2) is 40.8 Å². The number of carbonyl (C=O) groups excluding carboxylic acids is 1. The van der Waals surface area contributed by atoms with Crippen LogP contribution in [-0.2, 0) is 9.53 Å². The Morgan fingerprint density at radius 1 is 1.15 bits per heavy atom. The second-order valence-electron chi connectivity index (χ2n) is 8.73. The van der Waals surface area contributed by atoms with Crippen LogP contribution < -0.4 is 15.5 Å². The van der Waals surface area contributed by atoms with Crippen molar-refractivity contribution >= 4 is 52.2 Å². The van der Waals surface area contributed by atoms with Crippen LogP contribution in [0.4, 0.5) is 11.4 Å². The van der Waals surface area contributed by atoms with Gasteiger partial charge in [0.2, 0.25) is 5.91 Å². The standard InChI is InChI=1S/C28H23ClN4O5S/c1-37-15-24(34)31-20-9-8-18(14-19(20)29)33-26(25(32-28(33)39)21-7-2-3-12-30-21)23-11-10-22(38-23)16-5-4-6-17(13-16)27(35)36/h2-14,25-26H,15H2,1H3,(H,31,34)(H,32,39)(H,35,36)/t25-,26-/m1/s1. The zero-order valence-electron chi connectivity index (χ0n) is 20.6. The van der Waals surface area contributed by atoms with Crippen LogP contribution in [0.3, 0.4) is 0 Å². The van der Waals surface area contributed by atoms with Crippen LogP contribution in [0.1, 0.15) is 33.9 Å². The Morgan fingerprint density at radius 3 is 2.72 bits per heavy atom. The molecule has 0 spiro atoms. The maximum atomic E-state index is 12.0. The van der Waals surface area contributed by atoms with E-state index in [4.69, 9.17) is 33.0 Å². The van der Waals surface area contributed by atoms with Crippen molar-refractivity contribution in [2.75, 3.05) is 23.9 Å². The van der Waals surface area contributed by atoms with E-state index in [9.17, 15) is 14.7 Å². The summed E-state index contributed by atoms with van der Waals surface area (Å²) in [6.07, 6.45) is 1.71. The Balaban J connectivity index is 1.54. The second kappa shape index (κ2) is 11.2. The minimum atomic E-state index is -1.02. The van der Waals surface area contributed by atoms with E-state index in [1.165, 1.54) is 13.2 Å². The number of furan rings is 1. The Bertz CT molecular complexity index is 1540. The summed E-state index contributed by atoms with van der Waals surface area (Å²) in [6.45, 7) is -0.0950. The van der Waals surface area contributed by atoms with Crippen LogP contribution >= 0.6 is 23.8 Å². The van der Waals surface area contributed by atoms with Gasteiger partial charge in [0, 0.05) is 24.6 Å². The Morgan fingerprint density at radius 2 is 2.00 bits per heavy atom. The molecule has 9 nitrogen and oxygen atoms in total. The number of benzene rings is 2. The molecule has 0 radical (unpaired) electrons. The smallest absolute Gasteiger partial charge is 0.335 e. The van der Waals surface area contributed by atoms with Gasteiger partial charge in [-0.05, 0) is 66.8 Å². The quantitative estimate of drug-likeness (QED) is 0.241. The number of anilines is 2. The summed E-state index contributed by atoms with van der Waals surface area (Å²) in [6, 6.07) is 20.2. The molecule has 198 valence electrons. The van der Waals surface area contributed by atoms with E-state index in [0.717, 1.165) is 5.69 Å². The molecular weight excluding hydrogens is 540 g/mol. The van der Waals surface area contributed by atoms with E-state index in [0.29, 0.717) is 38.6 Å². The number of amides is 1. The molecule has 1 amide bonds. The molecular formula is C28H23ClN4O5S. The molecule has 5 rings (SSSR count). The molecule has 1 aliphatic rings. The summed E-state index contributed by atoms with van der Waals surface area (Å²) < 4.78 is 11.2. The molecule has 2 aromatic heterocycles. The first-order chi connectivity index (χ1) is 18.9. The third-order valence-corrected chi connectivity index (χ3v) is 6.82. The number of halogens is 1. The van der Waals surface area contributed by atoms with E-state index in [1.54, 1.807) is 48.7 Å². The highest BCUT2D eigenvalue weighted by atomic mass is 35.5. The molecule has 4 aromatic rings. The molecule has 0 bridgehead atoms. The zero-order valence-corrected chi connectivity index (χ0v) is 22.2. The van der Waals surface area contributed by atoms with Gasteiger partial charge in [0.25, 0.3) is 0 Å². The number of pyridine rings is 1. The van der Waals surface area contributed by atoms with E-state index in [-0.39, 0.29) is 24.1 Å². The third-order valence-electron chi connectivity index (χ3n) is 6.19. The lowest BCUT2D eigenvalue weighted by atomic mass is 10.0. The van der Waals surface area contributed by atoms with Crippen LogP contribution in [0, 0.1) is 0 Å². The highest BCUT2D eigenvalue weighted by molar-refractivity contribution is 7.80. The Kier molecular flexibility index (Phi) is 7.60. The molecule has 0 unspecified atom stereocenters. The van der Waals surface area contributed by atoms with Crippen LogP contribution in [0.5, 0.6) is 0 Å². The van der Waals surface area contributed by atoms with Crippen LogP contribution in [0.25, 0.3) is 11.3 Å². The highest BCUT2D eigenvalue weighted by Crippen LogP contribution is 2.44. The molecule has 1 saturated heterocycles. The zero-order chi connectivity index (χ0) is 27.5. The van der Waals surface area contributed by atoms with E-state index >= 15 is 0 Å². The number of rotatable bonds is 8. The summed E-state index contributed by atoms with van der Waals surface area (Å²) in [5.74, 6) is -0.245. The average molecular weight is 563 g/mol. The van der Waals surface area contributed by atoms with Crippen molar-refractivity contribution in [1.82, 2.24) is 10.3 Å². The summed E-state index contributed by atoms with van der Waals surface area (Å²) in [7, 11) is 1.44. The van der Waals surface area contributed by atoms with Gasteiger partial charge < -0.3 is 29.8 Å². The number of carbonyl (C=O) groups is 2. The van der Waals surface area contributed by atoms with Gasteiger partial charge >= 0.3 is 5.97 Å². The van der Waals surface area contributed by atoms with Gasteiger partial charge in [0.1, 0.15) is 24.2 Å². The molecule has 1 aliphatic heterocycles. The van der Waals surface area contributed by atoms with Crippen molar-refractivity contribution in [3.63, 3.8) is 0 Å². The number of nitrogens with zero attached hydrogens (tertiary/aromatic N) is 2. The number of nitrogens with one attached hydrogen (secondary N) is 2. The van der Waals surface area contributed by atoms with Crippen molar-refractivity contribution in [2.24, 2.45) is 0 Å². The van der Waals surface area contributed by atoms with Crippen molar-refractivity contribution in [3.05, 3.63) is 101 Å². The van der Waals surface area contributed by atoms with Crippen LogP contribution in [0.2, 0.25) is 5.02 Å². The highest BCUT2D eigenvalue weighted by Gasteiger charge is 2.42. The summed E-state index contributed by atoms with van der Waals surface area (Å²) in [5.41, 5.74) is 2.67. The molecule has 3 N–H and O–H groups in total. The Hall–Kier alpha value is -4.25. The fourth-order valence-corrected chi connectivity index (χ4v) is 5.03. The lowest BCUT2D eigenvalue weighted by Gasteiger charge is -2.26. The lowest BCUT2D eigenvalue weighted by Crippen LogP contribution is -2.29. The van der Waals surface area contributed by atoms with Gasteiger partial charge in [0.05, 0.1) is 28.0 Å². The largest absolute Gasteiger partial charge is 0.478 e. The molecule has 11 heteroatoms. The summed E-state index contributed by atoms with van der Waals surface area (Å²) in [4.78, 5) is 29.9. The summed E-state index contributed by atoms with van der Waals surface area (Å²) in [5, 5.41) is 16.2. The number of thiocarbonyl (C=S) groups is 1. The lowest BCUT2D eigenvalue weighted by molar-refractivity contribution is -0.119. The molecule has 2 aromatic carbocycles. The maximum absolute atomic E-state index is 12.0. The SMILES string of the molecule is COCC(=O)Nc1ccc(N2C(=S)N[C@H](c3ccccn3)[C@H]2c2ccc(-c3cccc(C(=O)O)c3)o2)cc1Cl. The summed E-state index contributed by atoms with van der Waals surface area (Å²) >= 11 is 12.3. The molecule has 39 heavy (non-hydrogen) atoms. The van der Waals surface area contributed by atoms with Crippen molar-refractivity contribution < 1.29 is 23.8 Å². The first kappa shape index (κ1) is 26.4. The predicted octanol–water partition coefficient (Wildman–Crippen LogP) is 5.46. The number of carboxylic acid groups (broad SMARTS) is 1. The minimum Gasteiger partial charge on any atom is -0.478 e.